The zero-order valence-electron chi connectivity index (χ0n) is 9.59. The van der Waals surface area contributed by atoms with Gasteiger partial charge in [0.15, 0.2) is 0 Å². The highest BCUT2D eigenvalue weighted by Gasteiger charge is 2.22. The number of carbonyl (C=O) groups excluding carboxylic acids is 1. The van der Waals surface area contributed by atoms with Gasteiger partial charge in [-0.3, -0.25) is 20.0 Å². The van der Waals surface area contributed by atoms with Gasteiger partial charge in [0.25, 0.3) is 11.6 Å². The average Bonchev–Trinajstić information content (AvgIpc) is 2.88. The second kappa shape index (κ2) is 5.49. The maximum absolute atomic E-state index is 12.0. The third-order valence-corrected chi connectivity index (χ3v) is 2.73. The fourth-order valence-corrected chi connectivity index (χ4v) is 1.79. The lowest BCUT2D eigenvalue weighted by Gasteiger charge is -2.06. The van der Waals surface area contributed by atoms with Gasteiger partial charge in [-0.2, -0.15) is 5.10 Å². The number of nitro groups is 1. The number of hydrogen-bond acceptors (Lipinski definition) is 4. The van der Waals surface area contributed by atoms with Crippen LogP contribution in [0.5, 0.6) is 0 Å². The third-order valence-electron chi connectivity index (χ3n) is 2.41. The molecule has 0 aliphatic carbocycles. The minimum atomic E-state index is -0.642. The Labute approximate surface area is 112 Å². The molecule has 1 aromatic carbocycles. The van der Waals surface area contributed by atoms with Gasteiger partial charge in [0.1, 0.15) is 5.56 Å². The molecule has 0 saturated carbocycles. The molecule has 0 unspecified atom stereocenters. The molecule has 2 rings (SSSR count). The van der Waals surface area contributed by atoms with Crippen LogP contribution in [0.25, 0.3) is 0 Å². The van der Waals surface area contributed by atoms with Crippen molar-refractivity contribution < 1.29 is 9.72 Å². The standard InChI is InChI=1S/C11H9ClN4O3/c12-8-2-1-3-9(16(18)19)10(8)11(17)13-6-7-4-5-14-15-7/h1-5H,6H2,(H,13,17)(H,14,15). The second-order valence-electron chi connectivity index (χ2n) is 3.66. The molecule has 0 aliphatic heterocycles. The molecule has 2 aromatic rings. The van der Waals surface area contributed by atoms with Crippen molar-refractivity contribution in [3.8, 4) is 0 Å². The number of benzene rings is 1. The predicted octanol–water partition coefficient (Wildman–Crippen LogP) is 1.90. The number of rotatable bonds is 4. The molecule has 0 fully saturated rings. The zero-order valence-corrected chi connectivity index (χ0v) is 10.3. The molecule has 0 saturated heterocycles. The number of aromatic amines is 1. The first-order chi connectivity index (χ1) is 9.09. The highest BCUT2D eigenvalue weighted by Crippen LogP contribution is 2.25. The Balaban J connectivity index is 2.21. The van der Waals surface area contributed by atoms with Crippen LogP contribution in [0.3, 0.4) is 0 Å². The highest BCUT2D eigenvalue weighted by molar-refractivity contribution is 6.34. The molecule has 0 aliphatic rings. The Morgan fingerprint density at radius 1 is 1.47 bits per heavy atom. The van der Waals surface area contributed by atoms with Gasteiger partial charge in [-0.05, 0) is 12.1 Å². The van der Waals surface area contributed by atoms with E-state index in [0.717, 1.165) is 0 Å². The average molecular weight is 281 g/mol. The van der Waals surface area contributed by atoms with Crippen molar-refractivity contribution in [3.05, 3.63) is 56.9 Å². The second-order valence-corrected chi connectivity index (χ2v) is 4.06. The maximum Gasteiger partial charge on any atom is 0.283 e. The quantitative estimate of drug-likeness (QED) is 0.659. The van der Waals surface area contributed by atoms with E-state index in [1.807, 2.05) is 0 Å². The molecule has 1 aromatic heterocycles. The van der Waals surface area contributed by atoms with Gasteiger partial charge in [-0.15, -0.1) is 0 Å². The van der Waals surface area contributed by atoms with E-state index >= 15 is 0 Å². The summed E-state index contributed by atoms with van der Waals surface area (Å²) >= 11 is 5.84. The maximum atomic E-state index is 12.0. The minimum Gasteiger partial charge on any atom is -0.346 e. The van der Waals surface area contributed by atoms with Gasteiger partial charge < -0.3 is 5.32 Å². The molecule has 0 bridgehead atoms. The van der Waals surface area contributed by atoms with E-state index in [0.29, 0.717) is 5.69 Å². The van der Waals surface area contributed by atoms with Gasteiger partial charge in [0, 0.05) is 12.3 Å². The first-order valence-corrected chi connectivity index (χ1v) is 5.66. The van der Waals surface area contributed by atoms with Gasteiger partial charge in [-0.25, -0.2) is 0 Å². The number of H-pyrrole nitrogens is 1. The van der Waals surface area contributed by atoms with Crippen LogP contribution in [0.1, 0.15) is 16.1 Å². The SMILES string of the molecule is O=C(NCc1ccn[nH]1)c1c(Cl)cccc1[N+](=O)[O-]. The van der Waals surface area contributed by atoms with Crippen LogP contribution < -0.4 is 5.32 Å². The predicted molar refractivity (Wildman–Crippen MR) is 67.9 cm³/mol. The summed E-state index contributed by atoms with van der Waals surface area (Å²) in [5.41, 5.74) is 0.214. The Hall–Kier alpha value is -2.41. The van der Waals surface area contributed by atoms with Crippen LogP contribution in [0.15, 0.2) is 30.5 Å². The molecule has 0 radical (unpaired) electrons. The summed E-state index contributed by atoms with van der Waals surface area (Å²) in [5, 5.41) is 19.8. The Morgan fingerprint density at radius 3 is 2.89 bits per heavy atom. The lowest BCUT2D eigenvalue weighted by molar-refractivity contribution is -0.385. The molecule has 1 heterocycles. The molecule has 0 atom stereocenters. The summed E-state index contributed by atoms with van der Waals surface area (Å²) in [6, 6.07) is 5.77. The van der Waals surface area contributed by atoms with E-state index in [1.165, 1.54) is 18.2 Å². The van der Waals surface area contributed by atoms with E-state index < -0.39 is 10.8 Å². The fraction of sp³-hybridized carbons (Fsp3) is 0.0909. The largest absolute Gasteiger partial charge is 0.346 e. The van der Waals surface area contributed by atoms with Gasteiger partial charge in [-0.1, -0.05) is 17.7 Å². The molecule has 19 heavy (non-hydrogen) atoms. The van der Waals surface area contributed by atoms with Gasteiger partial charge >= 0.3 is 0 Å². The molecular weight excluding hydrogens is 272 g/mol. The molecule has 1 amide bonds. The fourth-order valence-electron chi connectivity index (χ4n) is 1.54. The van der Waals surface area contributed by atoms with Crippen LogP contribution in [-0.2, 0) is 6.54 Å². The van der Waals surface area contributed by atoms with Crippen molar-refractivity contribution in [3.63, 3.8) is 0 Å². The number of nitrogens with one attached hydrogen (secondary N) is 2. The van der Waals surface area contributed by atoms with Crippen LogP contribution in [-0.4, -0.2) is 21.0 Å². The number of carbonyl (C=O) groups is 1. The summed E-state index contributed by atoms with van der Waals surface area (Å²) in [6.45, 7) is 0.182. The highest BCUT2D eigenvalue weighted by atomic mass is 35.5. The number of aromatic nitrogens is 2. The number of nitro benzene ring substituents is 1. The Morgan fingerprint density at radius 2 is 2.26 bits per heavy atom. The summed E-state index contributed by atoms with van der Waals surface area (Å²) in [7, 11) is 0. The lowest BCUT2D eigenvalue weighted by Crippen LogP contribution is -2.24. The van der Waals surface area contributed by atoms with E-state index in [1.54, 1.807) is 12.3 Å². The van der Waals surface area contributed by atoms with Crippen molar-refractivity contribution in [1.29, 1.82) is 0 Å². The summed E-state index contributed by atoms with van der Waals surface area (Å²) in [6.07, 6.45) is 1.54. The van der Waals surface area contributed by atoms with Gasteiger partial charge in [0.05, 0.1) is 22.2 Å². The molecule has 7 nitrogen and oxygen atoms in total. The first kappa shape index (κ1) is 13.0. The lowest BCUT2D eigenvalue weighted by atomic mass is 10.1. The summed E-state index contributed by atoms with van der Waals surface area (Å²) < 4.78 is 0. The van der Waals surface area contributed by atoms with E-state index in [4.69, 9.17) is 11.6 Å². The molecular formula is C11H9ClN4O3. The molecule has 98 valence electrons. The van der Waals surface area contributed by atoms with Crippen molar-refractivity contribution in [2.45, 2.75) is 6.54 Å². The van der Waals surface area contributed by atoms with Crippen molar-refractivity contribution in [2.75, 3.05) is 0 Å². The van der Waals surface area contributed by atoms with Crippen molar-refractivity contribution >= 4 is 23.2 Å². The molecule has 8 heteroatoms. The Bertz CT molecular complexity index is 612. The van der Waals surface area contributed by atoms with E-state index in [2.05, 4.69) is 15.5 Å². The number of nitrogens with zero attached hydrogens (tertiary/aromatic N) is 2. The van der Waals surface area contributed by atoms with E-state index in [9.17, 15) is 14.9 Å². The first-order valence-electron chi connectivity index (χ1n) is 5.29. The summed E-state index contributed by atoms with van der Waals surface area (Å²) in [4.78, 5) is 22.2. The van der Waals surface area contributed by atoms with Crippen molar-refractivity contribution in [2.24, 2.45) is 0 Å². The third kappa shape index (κ3) is 2.89. The topological polar surface area (TPSA) is 101 Å². The van der Waals surface area contributed by atoms with Gasteiger partial charge in [0.2, 0.25) is 0 Å². The van der Waals surface area contributed by atoms with Crippen LogP contribution in [0.2, 0.25) is 5.02 Å². The molecule has 2 N–H and O–H groups in total. The smallest absolute Gasteiger partial charge is 0.283 e. The zero-order chi connectivity index (χ0) is 13.8. The summed E-state index contributed by atoms with van der Waals surface area (Å²) in [5.74, 6) is -0.605. The van der Waals surface area contributed by atoms with Crippen LogP contribution >= 0.6 is 11.6 Å². The number of amides is 1. The molecule has 0 spiro atoms. The van der Waals surface area contributed by atoms with E-state index in [-0.39, 0.29) is 22.8 Å². The van der Waals surface area contributed by atoms with Crippen LogP contribution in [0, 0.1) is 10.1 Å². The number of hydrogen-bond donors (Lipinski definition) is 2. The monoisotopic (exact) mass is 280 g/mol. The Kier molecular flexibility index (Phi) is 3.76. The normalized spacial score (nSPS) is 10.2. The van der Waals surface area contributed by atoms with Crippen molar-refractivity contribution in [1.82, 2.24) is 15.5 Å². The number of halogens is 1. The minimum absolute atomic E-state index is 0.0383. The van der Waals surface area contributed by atoms with Crippen LogP contribution in [0.4, 0.5) is 5.69 Å².